The zero-order valence-electron chi connectivity index (χ0n) is 15.2. The maximum Gasteiger partial charge on any atom is 0.135 e. The van der Waals surface area contributed by atoms with Crippen LogP contribution in [0.15, 0.2) is 40.3 Å². The van der Waals surface area contributed by atoms with Crippen LogP contribution in [0.5, 0.6) is 5.75 Å². The van der Waals surface area contributed by atoms with Gasteiger partial charge in [-0.15, -0.1) is 0 Å². The van der Waals surface area contributed by atoms with Gasteiger partial charge in [0.05, 0.1) is 18.2 Å². The largest absolute Gasteiger partial charge is 0.497 e. The summed E-state index contributed by atoms with van der Waals surface area (Å²) < 4.78 is 5.24. The Hall–Kier alpha value is -2.10. The molecule has 23 heavy (non-hydrogen) atoms. The summed E-state index contributed by atoms with van der Waals surface area (Å²) in [6, 6.07) is 8.02. The minimum absolute atomic E-state index is 0.138. The van der Waals surface area contributed by atoms with Crippen molar-refractivity contribution in [3.05, 3.63) is 35.9 Å². The number of rotatable bonds is 2. The molecule has 124 valence electrons. The third kappa shape index (κ3) is 4.95. The fraction of sp³-hybridized carbons (Fsp3) is 0.474. The number of ether oxygens (including phenoxy) is 1. The summed E-state index contributed by atoms with van der Waals surface area (Å²) in [6.45, 7) is 12.5. The highest BCUT2D eigenvalue weighted by Crippen LogP contribution is 2.24. The molecule has 0 atom stereocenters. The molecule has 0 bridgehead atoms. The molecule has 0 spiro atoms. The van der Waals surface area contributed by atoms with Gasteiger partial charge in [0.25, 0.3) is 0 Å². The SMILES string of the molecule is COc1ccc(C2=CC(=NC(C)(C)C)NC2=NC(C)(C)C)cc1. The highest BCUT2D eigenvalue weighted by atomic mass is 16.5. The average Bonchev–Trinajstić information content (AvgIpc) is 2.77. The summed E-state index contributed by atoms with van der Waals surface area (Å²) in [7, 11) is 1.67. The molecule has 0 fully saturated rings. The molecular formula is C19H27N3O. The van der Waals surface area contributed by atoms with Crippen LogP contribution in [0.25, 0.3) is 5.57 Å². The fourth-order valence-corrected chi connectivity index (χ4v) is 2.27. The quantitative estimate of drug-likeness (QED) is 0.894. The van der Waals surface area contributed by atoms with Crippen LogP contribution in [-0.2, 0) is 0 Å². The topological polar surface area (TPSA) is 46.0 Å². The van der Waals surface area contributed by atoms with Crippen molar-refractivity contribution in [1.29, 1.82) is 0 Å². The van der Waals surface area contributed by atoms with Crippen LogP contribution in [0.3, 0.4) is 0 Å². The lowest BCUT2D eigenvalue weighted by molar-refractivity contribution is 0.415. The van der Waals surface area contributed by atoms with Crippen molar-refractivity contribution < 1.29 is 4.74 Å². The van der Waals surface area contributed by atoms with Crippen molar-refractivity contribution in [1.82, 2.24) is 5.32 Å². The van der Waals surface area contributed by atoms with Crippen LogP contribution in [0.1, 0.15) is 47.1 Å². The average molecular weight is 313 g/mol. The van der Waals surface area contributed by atoms with E-state index in [1.807, 2.05) is 24.3 Å². The summed E-state index contributed by atoms with van der Waals surface area (Å²) >= 11 is 0. The number of hydrogen-bond acceptors (Lipinski definition) is 3. The maximum atomic E-state index is 5.24. The number of amidine groups is 2. The molecule has 0 saturated carbocycles. The molecule has 1 aromatic carbocycles. The molecule has 0 aromatic heterocycles. The zero-order chi connectivity index (χ0) is 17.3. The Labute approximate surface area is 139 Å². The van der Waals surface area contributed by atoms with E-state index in [4.69, 9.17) is 14.7 Å². The van der Waals surface area contributed by atoms with Crippen molar-refractivity contribution in [2.24, 2.45) is 9.98 Å². The highest BCUT2D eigenvalue weighted by Gasteiger charge is 2.23. The van der Waals surface area contributed by atoms with Gasteiger partial charge in [0.2, 0.25) is 0 Å². The van der Waals surface area contributed by atoms with E-state index in [1.165, 1.54) is 0 Å². The van der Waals surface area contributed by atoms with Crippen molar-refractivity contribution in [3.63, 3.8) is 0 Å². The van der Waals surface area contributed by atoms with Crippen LogP contribution < -0.4 is 10.1 Å². The predicted molar refractivity (Wildman–Crippen MR) is 98.5 cm³/mol. The molecule has 2 rings (SSSR count). The van der Waals surface area contributed by atoms with Gasteiger partial charge in [-0.3, -0.25) is 9.98 Å². The standard InChI is InChI=1S/C19H27N3O/c1-18(2,3)21-16-12-15(17(20-16)22-19(4,5)6)13-8-10-14(23-7)11-9-13/h8-12H,1-7H3,(H,20,21,22). The molecule has 1 N–H and O–H groups in total. The van der Waals surface area contributed by atoms with Crippen LogP contribution in [0.4, 0.5) is 0 Å². The molecule has 0 radical (unpaired) electrons. The summed E-state index contributed by atoms with van der Waals surface area (Å²) in [6.07, 6.45) is 2.07. The van der Waals surface area contributed by atoms with Crippen molar-refractivity contribution in [2.45, 2.75) is 52.6 Å². The van der Waals surface area contributed by atoms with E-state index in [2.05, 4.69) is 52.9 Å². The van der Waals surface area contributed by atoms with E-state index in [9.17, 15) is 0 Å². The Morgan fingerprint density at radius 2 is 1.43 bits per heavy atom. The first-order valence-corrected chi connectivity index (χ1v) is 7.91. The van der Waals surface area contributed by atoms with Gasteiger partial charge in [-0.1, -0.05) is 12.1 Å². The fourth-order valence-electron chi connectivity index (χ4n) is 2.27. The molecule has 1 heterocycles. The number of nitrogens with one attached hydrogen (secondary N) is 1. The second kappa shape index (κ2) is 6.19. The number of aliphatic imine (C=N–C) groups is 2. The van der Waals surface area contributed by atoms with Gasteiger partial charge in [-0.2, -0.15) is 0 Å². The van der Waals surface area contributed by atoms with E-state index in [0.717, 1.165) is 28.6 Å². The van der Waals surface area contributed by atoms with E-state index >= 15 is 0 Å². The van der Waals surface area contributed by atoms with Gasteiger partial charge >= 0.3 is 0 Å². The van der Waals surface area contributed by atoms with Crippen molar-refractivity contribution in [2.75, 3.05) is 7.11 Å². The summed E-state index contributed by atoms with van der Waals surface area (Å²) in [4.78, 5) is 9.54. The Morgan fingerprint density at radius 1 is 0.870 bits per heavy atom. The second-order valence-electron chi connectivity index (χ2n) is 7.71. The normalized spacial score (nSPS) is 19.0. The molecule has 1 aliphatic heterocycles. The summed E-state index contributed by atoms with van der Waals surface area (Å²) in [5, 5.41) is 3.36. The predicted octanol–water partition coefficient (Wildman–Crippen LogP) is 4.08. The van der Waals surface area contributed by atoms with E-state index < -0.39 is 0 Å². The first-order chi connectivity index (χ1) is 10.6. The minimum Gasteiger partial charge on any atom is -0.497 e. The Bertz CT molecular complexity index is 653. The number of methoxy groups -OCH3 is 1. The Kier molecular flexibility index (Phi) is 4.64. The molecule has 4 nitrogen and oxygen atoms in total. The van der Waals surface area contributed by atoms with Gasteiger partial charge in [-0.25, -0.2) is 0 Å². The third-order valence-electron chi connectivity index (χ3n) is 3.09. The van der Waals surface area contributed by atoms with Gasteiger partial charge in [-0.05, 0) is 65.3 Å². The zero-order valence-corrected chi connectivity index (χ0v) is 15.2. The van der Waals surface area contributed by atoms with Crippen molar-refractivity contribution >= 4 is 17.2 Å². The number of benzene rings is 1. The summed E-state index contributed by atoms with van der Waals surface area (Å²) in [5.74, 6) is 2.56. The molecule has 4 heteroatoms. The third-order valence-corrected chi connectivity index (χ3v) is 3.09. The monoisotopic (exact) mass is 313 g/mol. The molecule has 1 aromatic rings. The minimum atomic E-state index is -0.162. The Balaban J connectivity index is 2.46. The molecule has 0 aliphatic carbocycles. The number of nitrogens with zero attached hydrogens (tertiary/aromatic N) is 2. The van der Waals surface area contributed by atoms with E-state index in [0.29, 0.717) is 0 Å². The lowest BCUT2D eigenvalue weighted by Gasteiger charge is -2.16. The lowest BCUT2D eigenvalue weighted by atomic mass is 10.0. The van der Waals surface area contributed by atoms with Crippen LogP contribution in [-0.4, -0.2) is 29.9 Å². The van der Waals surface area contributed by atoms with E-state index in [1.54, 1.807) is 7.11 Å². The molecule has 0 amide bonds. The molecule has 0 unspecified atom stereocenters. The van der Waals surface area contributed by atoms with Gasteiger partial charge in [0.1, 0.15) is 17.4 Å². The van der Waals surface area contributed by atoms with Crippen molar-refractivity contribution in [3.8, 4) is 5.75 Å². The van der Waals surface area contributed by atoms with Gasteiger partial charge in [0, 0.05) is 5.57 Å². The molecule has 0 saturated heterocycles. The lowest BCUT2D eigenvalue weighted by Crippen LogP contribution is -2.28. The van der Waals surface area contributed by atoms with E-state index in [-0.39, 0.29) is 11.1 Å². The smallest absolute Gasteiger partial charge is 0.135 e. The van der Waals surface area contributed by atoms with Gasteiger partial charge in [0.15, 0.2) is 0 Å². The first-order valence-electron chi connectivity index (χ1n) is 7.91. The van der Waals surface area contributed by atoms with Crippen LogP contribution in [0.2, 0.25) is 0 Å². The van der Waals surface area contributed by atoms with Gasteiger partial charge < -0.3 is 10.1 Å². The summed E-state index contributed by atoms with van der Waals surface area (Å²) in [5.41, 5.74) is 1.86. The second-order valence-corrected chi connectivity index (χ2v) is 7.71. The molecule has 1 aliphatic rings. The highest BCUT2D eigenvalue weighted by molar-refractivity contribution is 6.36. The maximum absolute atomic E-state index is 5.24. The van der Waals surface area contributed by atoms with Crippen LogP contribution in [0, 0.1) is 0 Å². The first kappa shape index (κ1) is 17.3. The Morgan fingerprint density at radius 3 is 1.91 bits per heavy atom. The number of hydrogen-bond donors (Lipinski definition) is 1. The molecular weight excluding hydrogens is 286 g/mol. The van der Waals surface area contributed by atoms with Crippen LogP contribution >= 0.6 is 0 Å².